The number of pyridine rings is 1. The Labute approximate surface area is 252 Å². The van der Waals surface area contributed by atoms with Crippen molar-refractivity contribution >= 4 is 61.0 Å². The van der Waals surface area contributed by atoms with Crippen molar-refractivity contribution in [1.29, 1.82) is 0 Å². The lowest BCUT2D eigenvalue weighted by molar-refractivity contribution is -0.0455. The smallest absolute Gasteiger partial charge is 0.386 e. The number of fused-ring (bicyclic) bond motifs is 4. The fraction of sp³-hybridized carbons (Fsp3) is 0.476. The number of rotatable bonds is 3. The number of hydrogen-bond donors (Lipinski definition) is 5. The van der Waals surface area contributed by atoms with Crippen LogP contribution in [0.1, 0.15) is 28.4 Å². The number of ether oxygens (including phenoxy) is 2. The summed E-state index contributed by atoms with van der Waals surface area (Å²) in [5.74, 6) is -0.776. The van der Waals surface area contributed by atoms with Crippen LogP contribution >= 0.6 is 38.1 Å². The van der Waals surface area contributed by atoms with Crippen molar-refractivity contribution in [3.05, 3.63) is 42.2 Å². The molecule has 3 aromatic rings. The number of alkyl halides is 1. The molecule has 0 aliphatic carbocycles. The number of halogens is 1. The zero-order chi connectivity index (χ0) is 30.7. The summed E-state index contributed by atoms with van der Waals surface area (Å²) in [5.41, 5.74) is 11.7. The van der Waals surface area contributed by atoms with Crippen LogP contribution in [0.3, 0.4) is 0 Å². The molecular formula is C21H24FN7O10P2S2. The summed E-state index contributed by atoms with van der Waals surface area (Å²) < 4.78 is 77.5. The Bertz CT molecular complexity index is 1660. The first-order valence-electron chi connectivity index (χ1n) is 12.5. The summed E-state index contributed by atoms with van der Waals surface area (Å²) in [5, 5.41) is 11.0. The second-order valence-corrected chi connectivity index (χ2v) is 15.4. The highest BCUT2D eigenvalue weighted by Gasteiger charge is 2.53. The van der Waals surface area contributed by atoms with Gasteiger partial charge in [-0.3, -0.25) is 32.4 Å². The Kier molecular flexibility index (Phi) is 8.31. The van der Waals surface area contributed by atoms with Crippen LogP contribution in [0.25, 0.3) is 11.2 Å². The molecule has 3 aromatic heterocycles. The lowest BCUT2D eigenvalue weighted by Crippen LogP contribution is -2.34. The molecule has 6 rings (SSSR count). The van der Waals surface area contributed by atoms with Crippen LogP contribution in [-0.4, -0.2) is 85.4 Å². The molecule has 5 N–H and O–H groups in total. The molecule has 1 amide bonds. The molecule has 0 spiro atoms. The Morgan fingerprint density at radius 1 is 1.05 bits per heavy atom. The predicted molar refractivity (Wildman–Crippen MR) is 150 cm³/mol. The minimum Gasteiger partial charge on any atom is -0.387 e. The maximum absolute atomic E-state index is 15.9. The highest BCUT2D eigenvalue weighted by Crippen LogP contribution is 2.60. The molecule has 10 atom stereocenters. The average molecular weight is 680 g/mol. The van der Waals surface area contributed by atoms with Gasteiger partial charge in [-0.05, 0) is 17.7 Å². The number of hydrogen-bond acceptors (Lipinski definition) is 15. The molecule has 6 heterocycles. The number of aliphatic hydroxyl groups excluding tert-OH is 1. The van der Waals surface area contributed by atoms with Gasteiger partial charge in [-0.25, -0.2) is 28.5 Å². The van der Waals surface area contributed by atoms with Gasteiger partial charge in [0, 0.05) is 6.20 Å². The van der Waals surface area contributed by atoms with E-state index in [4.69, 9.17) is 39.0 Å². The van der Waals surface area contributed by atoms with Crippen LogP contribution in [0.4, 0.5) is 10.2 Å². The first kappa shape index (κ1) is 30.8. The van der Waals surface area contributed by atoms with Crippen LogP contribution < -0.4 is 11.5 Å². The van der Waals surface area contributed by atoms with E-state index in [1.165, 1.54) is 29.2 Å². The number of imidazole rings is 1. The fourth-order valence-corrected chi connectivity index (χ4v) is 7.91. The summed E-state index contributed by atoms with van der Waals surface area (Å²) in [4.78, 5) is 27.6. The third-order valence-electron chi connectivity index (χ3n) is 6.94. The number of nitrogens with zero attached hydrogens (tertiary/aromatic N) is 5. The SMILES string of the molecule is NC(=O)c1cc([C@@H]2O[C@@H]3COP(=O)(S)O[C@H]4[C@@H](F)[C@H](n5cnc6c(N)ncnc65)O[C@@H]4COP(=O)(S)O[C@@H]2[C@@H]3O)ccn1. The number of amides is 1. The number of aliphatic hydroxyl groups is 1. The first-order chi connectivity index (χ1) is 20.3. The molecule has 2 unspecified atom stereocenters. The van der Waals surface area contributed by atoms with Gasteiger partial charge in [0.05, 0.1) is 19.5 Å². The minimum atomic E-state index is -4.37. The standard InChI is InChI=1S/C21H24FN7O10P2S2/c22-12-16-11(37-21(12)29-7-28-13-18(23)26-6-27-20(13)29)5-35-41(33,43)39-17-14(30)10(4-34-40(32,42)38-16)36-15(17)8-1-2-25-9(3-8)19(24)31/h1-3,6-7,10-12,14-17,21,30H,4-5H2,(H2,24,31)(H,32,42)(H,33,43)(H2,23,26,27)/t10-,11-,12-,14-,15+,16-,17-,21-,40?,41?/m1/s1. The van der Waals surface area contributed by atoms with Gasteiger partial charge in [-0.15, -0.1) is 0 Å². The van der Waals surface area contributed by atoms with E-state index in [1.54, 1.807) is 0 Å². The molecule has 3 aliphatic rings. The van der Waals surface area contributed by atoms with E-state index < -0.39 is 81.7 Å². The molecule has 3 aliphatic heterocycles. The predicted octanol–water partition coefficient (Wildman–Crippen LogP) is 1.53. The van der Waals surface area contributed by atoms with Crippen LogP contribution in [0.5, 0.6) is 0 Å². The van der Waals surface area contributed by atoms with Crippen LogP contribution in [0.2, 0.25) is 0 Å². The molecule has 17 nitrogen and oxygen atoms in total. The number of primary amides is 1. The third-order valence-corrected chi connectivity index (χ3v) is 10.2. The van der Waals surface area contributed by atoms with Crippen molar-refractivity contribution in [3.8, 4) is 0 Å². The van der Waals surface area contributed by atoms with Crippen molar-refractivity contribution in [2.45, 2.75) is 49.0 Å². The molecule has 0 aromatic carbocycles. The summed E-state index contributed by atoms with van der Waals surface area (Å²) in [6.45, 7) is -9.93. The van der Waals surface area contributed by atoms with Gasteiger partial charge in [-0.2, -0.15) is 0 Å². The Balaban J connectivity index is 1.30. The maximum atomic E-state index is 15.9. The molecule has 3 fully saturated rings. The van der Waals surface area contributed by atoms with Gasteiger partial charge in [0.1, 0.15) is 54.2 Å². The van der Waals surface area contributed by atoms with E-state index >= 15 is 4.39 Å². The molecular weight excluding hydrogens is 655 g/mol. The van der Waals surface area contributed by atoms with Crippen LogP contribution in [0, 0.1) is 0 Å². The molecule has 0 radical (unpaired) electrons. The monoisotopic (exact) mass is 679 g/mol. The Morgan fingerprint density at radius 3 is 2.47 bits per heavy atom. The molecule has 43 heavy (non-hydrogen) atoms. The largest absolute Gasteiger partial charge is 0.387 e. The van der Waals surface area contributed by atoms with Crippen LogP contribution in [-0.2, 0) is 36.7 Å². The lowest BCUT2D eigenvalue weighted by Gasteiger charge is -2.26. The Morgan fingerprint density at radius 2 is 1.74 bits per heavy atom. The number of aromatic nitrogens is 5. The number of nitrogens with two attached hydrogens (primary N) is 2. The summed E-state index contributed by atoms with van der Waals surface area (Å²) in [6, 6.07) is 2.76. The van der Waals surface area contributed by atoms with E-state index in [1.807, 2.05) is 0 Å². The zero-order valence-corrected chi connectivity index (χ0v) is 25.2. The first-order valence-corrected chi connectivity index (χ1v) is 17.9. The molecule has 3 saturated heterocycles. The zero-order valence-electron chi connectivity index (χ0n) is 21.6. The van der Waals surface area contributed by atoms with Gasteiger partial charge in [0.2, 0.25) is 0 Å². The van der Waals surface area contributed by atoms with Gasteiger partial charge in [0.25, 0.3) is 5.91 Å². The molecule has 0 saturated carbocycles. The third kappa shape index (κ3) is 6.06. The van der Waals surface area contributed by atoms with Crippen molar-refractivity contribution in [2.75, 3.05) is 18.9 Å². The average Bonchev–Trinajstić information content (AvgIpc) is 3.61. The van der Waals surface area contributed by atoms with Crippen molar-refractivity contribution in [3.63, 3.8) is 0 Å². The number of nitrogen functional groups attached to an aromatic ring is 1. The molecule has 2 bridgehead atoms. The Hall–Kier alpha value is -2.22. The number of thiol groups is 2. The van der Waals surface area contributed by atoms with Gasteiger partial charge in [-0.1, -0.05) is 24.5 Å². The number of carbonyl (C=O) groups excluding carboxylic acids is 1. The topological polar surface area (TPSA) is 235 Å². The summed E-state index contributed by atoms with van der Waals surface area (Å²) >= 11 is 8.02. The van der Waals surface area contributed by atoms with Crippen molar-refractivity contribution in [2.24, 2.45) is 5.73 Å². The van der Waals surface area contributed by atoms with Gasteiger partial charge in [0.15, 0.2) is 23.9 Å². The second-order valence-electron chi connectivity index (χ2n) is 9.69. The molecule has 22 heteroatoms. The van der Waals surface area contributed by atoms with E-state index in [9.17, 15) is 19.0 Å². The van der Waals surface area contributed by atoms with Crippen molar-refractivity contribution in [1.82, 2.24) is 24.5 Å². The number of carbonyl (C=O) groups is 1. The van der Waals surface area contributed by atoms with E-state index in [-0.39, 0.29) is 28.2 Å². The minimum absolute atomic E-state index is 0.0515. The van der Waals surface area contributed by atoms with Crippen molar-refractivity contribution < 1.29 is 51.0 Å². The molecule has 232 valence electrons. The van der Waals surface area contributed by atoms with E-state index in [2.05, 4.69) is 44.4 Å². The van der Waals surface area contributed by atoms with E-state index in [0.29, 0.717) is 0 Å². The summed E-state index contributed by atoms with van der Waals surface area (Å²) in [7, 11) is 0. The quantitative estimate of drug-likeness (QED) is 0.195. The summed E-state index contributed by atoms with van der Waals surface area (Å²) in [6.07, 6.45) is -8.10. The highest BCUT2D eigenvalue weighted by atomic mass is 32.7. The fourth-order valence-electron chi connectivity index (χ4n) is 4.96. The highest BCUT2D eigenvalue weighted by molar-refractivity contribution is 8.44. The maximum Gasteiger partial charge on any atom is 0.386 e. The lowest BCUT2D eigenvalue weighted by atomic mass is 10.0. The van der Waals surface area contributed by atoms with Gasteiger partial charge < -0.3 is 26.0 Å². The van der Waals surface area contributed by atoms with Crippen LogP contribution in [0.15, 0.2) is 31.0 Å². The van der Waals surface area contributed by atoms with E-state index in [0.717, 1.165) is 6.33 Å². The van der Waals surface area contributed by atoms with Gasteiger partial charge >= 0.3 is 13.6 Å². The number of anilines is 1. The normalized spacial score (nSPS) is 38.6. The second kappa shape index (κ2) is 11.6.